The minimum absolute atomic E-state index is 0.0520. The van der Waals surface area contributed by atoms with Crippen molar-refractivity contribution in [2.75, 3.05) is 39.4 Å². The lowest BCUT2D eigenvalue weighted by atomic mass is 9.91. The van der Waals surface area contributed by atoms with Gasteiger partial charge in [-0.25, -0.2) is 0 Å². The summed E-state index contributed by atoms with van der Waals surface area (Å²) in [4.78, 5) is 31.7. The Morgan fingerprint density at radius 2 is 1.85 bits per heavy atom. The molecule has 1 unspecified atom stereocenters. The fourth-order valence-electron chi connectivity index (χ4n) is 5.63. The van der Waals surface area contributed by atoms with Gasteiger partial charge in [0.25, 0.3) is 5.91 Å². The molecule has 2 aromatic heterocycles. The topological polar surface area (TPSA) is 80.0 Å². The summed E-state index contributed by atoms with van der Waals surface area (Å²) in [6.07, 6.45) is 8.01. The quantitative estimate of drug-likeness (QED) is 0.675. The summed E-state index contributed by atoms with van der Waals surface area (Å²) in [5.74, 6) is 0.561. The normalized spacial score (nSPS) is 24.3. The smallest absolute Gasteiger partial charge is 0.271 e. The number of fused-ring (bicyclic) bond motifs is 1. The Morgan fingerprint density at radius 1 is 1.09 bits per heavy atom. The number of morpholine rings is 1. The third kappa shape index (κ3) is 4.53. The van der Waals surface area contributed by atoms with E-state index in [4.69, 9.17) is 9.15 Å². The Morgan fingerprint density at radius 3 is 2.59 bits per heavy atom. The maximum Gasteiger partial charge on any atom is 0.271 e. The van der Waals surface area contributed by atoms with Gasteiger partial charge in [-0.2, -0.15) is 0 Å². The third-order valence-electron chi connectivity index (χ3n) is 7.67. The maximum atomic E-state index is 13.8. The molecule has 1 aliphatic carbocycles. The fraction of sp³-hybridized carbons (Fsp3) is 0.615. The van der Waals surface area contributed by atoms with Crippen molar-refractivity contribution in [1.29, 1.82) is 0 Å². The van der Waals surface area contributed by atoms with Crippen LogP contribution in [0.5, 0.6) is 0 Å². The minimum Gasteiger partial charge on any atom is -0.463 e. The molecule has 3 aliphatic rings. The second-order valence-corrected chi connectivity index (χ2v) is 10.0. The first kappa shape index (κ1) is 23.2. The van der Waals surface area contributed by atoms with Gasteiger partial charge in [0.1, 0.15) is 17.0 Å². The summed E-state index contributed by atoms with van der Waals surface area (Å²) in [6, 6.07) is 7.70. The van der Waals surface area contributed by atoms with E-state index in [0.717, 1.165) is 70.6 Å². The summed E-state index contributed by atoms with van der Waals surface area (Å²) in [6.45, 7) is 7.13. The first-order valence-electron chi connectivity index (χ1n) is 12.7. The molecule has 2 aliphatic heterocycles. The highest BCUT2D eigenvalue weighted by Crippen LogP contribution is 2.34. The molecule has 0 aromatic carbocycles. The van der Waals surface area contributed by atoms with Crippen molar-refractivity contribution in [2.24, 2.45) is 0 Å². The van der Waals surface area contributed by atoms with Crippen molar-refractivity contribution in [3.63, 3.8) is 0 Å². The van der Waals surface area contributed by atoms with Crippen molar-refractivity contribution >= 4 is 11.8 Å². The number of aromatic nitrogens is 1. The zero-order valence-corrected chi connectivity index (χ0v) is 20.1. The molecule has 2 aromatic rings. The number of nitrogens with zero attached hydrogens (tertiary/aromatic N) is 3. The van der Waals surface area contributed by atoms with Crippen LogP contribution in [0.2, 0.25) is 0 Å². The largest absolute Gasteiger partial charge is 0.463 e. The van der Waals surface area contributed by atoms with Crippen LogP contribution in [0, 0.1) is 0 Å². The van der Waals surface area contributed by atoms with Crippen LogP contribution in [0.3, 0.4) is 0 Å². The van der Waals surface area contributed by atoms with E-state index in [1.807, 2.05) is 40.7 Å². The average molecular weight is 469 g/mol. The van der Waals surface area contributed by atoms with Crippen LogP contribution in [0.1, 0.15) is 55.9 Å². The van der Waals surface area contributed by atoms with E-state index in [1.54, 1.807) is 6.26 Å². The van der Waals surface area contributed by atoms with Gasteiger partial charge in [-0.1, -0.05) is 19.3 Å². The average Bonchev–Trinajstić information content (AvgIpc) is 3.52. The standard InChI is InChI=1S/C26H36N4O4/c1-26(25(32)27-20-7-3-2-4-8-20)19-29-21(23-9-5-16-34-23)10-11-22(29)24(31)30(26)13-6-12-28-14-17-33-18-15-28/h5,9-11,16,20H,2-4,6-8,12-15,17-19H2,1H3,(H,27,32). The Balaban J connectivity index is 1.39. The molecule has 1 saturated carbocycles. The van der Waals surface area contributed by atoms with Crippen molar-refractivity contribution in [2.45, 2.75) is 63.6 Å². The van der Waals surface area contributed by atoms with Crippen LogP contribution in [0.25, 0.3) is 11.5 Å². The van der Waals surface area contributed by atoms with Gasteiger partial charge in [-0.05, 0) is 50.5 Å². The number of amides is 2. The highest BCUT2D eigenvalue weighted by Gasteiger charge is 2.48. The van der Waals surface area contributed by atoms with E-state index >= 15 is 0 Å². The van der Waals surface area contributed by atoms with Gasteiger partial charge in [0, 0.05) is 32.2 Å². The second kappa shape index (κ2) is 9.96. The molecule has 8 heteroatoms. The first-order chi connectivity index (χ1) is 16.6. The number of carbonyl (C=O) groups is 2. The Kier molecular flexibility index (Phi) is 6.79. The minimum atomic E-state index is -0.965. The summed E-state index contributed by atoms with van der Waals surface area (Å²) in [7, 11) is 0. The Labute approximate surface area is 201 Å². The lowest BCUT2D eigenvalue weighted by Gasteiger charge is -2.45. The van der Waals surface area contributed by atoms with Crippen LogP contribution in [0.15, 0.2) is 34.9 Å². The number of carbonyl (C=O) groups excluding carboxylic acids is 2. The first-order valence-corrected chi connectivity index (χ1v) is 12.7. The summed E-state index contributed by atoms with van der Waals surface area (Å²) >= 11 is 0. The van der Waals surface area contributed by atoms with Gasteiger partial charge < -0.3 is 23.9 Å². The van der Waals surface area contributed by atoms with Crippen LogP contribution in [-0.4, -0.2) is 77.2 Å². The lowest BCUT2D eigenvalue weighted by Crippen LogP contribution is -2.65. The molecule has 4 heterocycles. The molecule has 1 atom stereocenters. The maximum absolute atomic E-state index is 13.8. The van der Waals surface area contributed by atoms with Gasteiger partial charge in [0.2, 0.25) is 5.91 Å². The monoisotopic (exact) mass is 468 g/mol. The van der Waals surface area contributed by atoms with Gasteiger partial charge in [0.05, 0.1) is 31.7 Å². The van der Waals surface area contributed by atoms with Crippen LogP contribution < -0.4 is 5.32 Å². The van der Waals surface area contributed by atoms with Crippen molar-refractivity contribution in [3.8, 4) is 11.5 Å². The molecule has 8 nitrogen and oxygen atoms in total. The van der Waals surface area contributed by atoms with Crippen molar-refractivity contribution < 1.29 is 18.7 Å². The number of hydrogen-bond acceptors (Lipinski definition) is 5. The second-order valence-electron chi connectivity index (χ2n) is 10.0. The highest BCUT2D eigenvalue weighted by molar-refractivity contribution is 6.00. The summed E-state index contributed by atoms with van der Waals surface area (Å²) in [5.41, 5.74) is 0.478. The Bertz CT molecular complexity index is 989. The lowest BCUT2D eigenvalue weighted by molar-refractivity contribution is -0.133. The number of nitrogens with one attached hydrogen (secondary N) is 1. The third-order valence-corrected chi connectivity index (χ3v) is 7.67. The SMILES string of the molecule is CC1(C(=O)NC2CCCCC2)Cn2c(ccc2-c2ccco2)C(=O)N1CCCN1CCOCC1. The molecule has 0 spiro atoms. The predicted octanol–water partition coefficient (Wildman–Crippen LogP) is 3.13. The zero-order chi connectivity index (χ0) is 23.5. The van der Waals surface area contributed by atoms with E-state index < -0.39 is 5.54 Å². The highest BCUT2D eigenvalue weighted by atomic mass is 16.5. The van der Waals surface area contributed by atoms with Gasteiger partial charge in [0.15, 0.2) is 0 Å². The van der Waals surface area contributed by atoms with Crippen molar-refractivity contribution in [1.82, 2.24) is 19.7 Å². The summed E-state index contributed by atoms with van der Waals surface area (Å²) in [5, 5.41) is 3.30. The van der Waals surface area contributed by atoms with Crippen LogP contribution in [0.4, 0.5) is 0 Å². The molecule has 0 radical (unpaired) electrons. The molecule has 1 saturated heterocycles. The van der Waals surface area contributed by atoms with E-state index in [-0.39, 0.29) is 17.9 Å². The van der Waals surface area contributed by atoms with Gasteiger partial charge in [-0.15, -0.1) is 0 Å². The molecular weight excluding hydrogens is 432 g/mol. The molecule has 2 amide bonds. The van der Waals surface area contributed by atoms with Crippen LogP contribution in [-0.2, 0) is 16.1 Å². The van der Waals surface area contributed by atoms with E-state index in [2.05, 4.69) is 10.2 Å². The molecule has 2 fully saturated rings. The van der Waals surface area contributed by atoms with E-state index in [1.165, 1.54) is 6.42 Å². The van der Waals surface area contributed by atoms with Gasteiger partial charge in [-0.3, -0.25) is 14.5 Å². The Hall–Kier alpha value is -2.58. The summed E-state index contributed by atoms with van der Waals surface area (Å²) < 4.78 is 13.0. The van der Waals surface area contributed by atoms with Crippen LogP contribution >= 0.6 is 0 Å². The fourth-order valence-corrected chi connectivity index (χ4v) is 5.63. The number of ether oxygens (including phenoxy) is 1. The van der Waals surface area contributed by atoms with E-state index in [0.29, 0.717) is 24.5 Å². The number of hydrogen-bond donors (Lipinski definition) is 1. The molecule has 0 bridgehead atoms. The number of furan rings is 1. The number of rotatable bonds is 7. The molecular formula is C26H36N4O4. The molecule has 184 valence electrons. The van der Waals surface area contributed by atoms with Crippen molar-refractivity contribution in [3.05, 3.63) is 36.2 Å². The zero-order valence-electron chi connectivity index (χ0n) is 20.1. The molecule has 34 heavy (non-hydrogen) atoms. The predicted molar refractivity (Wildman–Crippen MR) is 128 cm³/mol. The molecule has 5 rings (SSSR count). The van der Waals surface area contributed by atoms with E-state index in [9.17, 15) is 9.59 Å². The van der Waals surface area contributed by atoms with Gasteiger partial charge >= 0.3 is 0 Å². The molecule has 1 N–H and O–H groups in total.